The predicted molar refractivity (Wildman–Crippen MR) is 105 cm³/mol. The molecule has 1 unspecified atom stereocenters. The number of methoxy groups -OCH3 is 1. The number of nitrogens with zero attached hydrogens (tertiary/aromatic N) is 3. The number of piperidine rings is 1. The van der Waals surface area contributed by atoms with Crippen LogP contribution >= 0.6 is 0 Å². The second-order valence-electron chi connectivity index (χ2n) is 6.73. The van der Waals surface area contributed by atoms with Crippen LogP contribution in [-0.2, 0) is 0 Å². The summed E-state index contributed by atoms with van der Waals surface area (Å²) in [6, 6.07) is 13.6. The van der Waals surface area contributed by atoms with Crippen molar-refractivity contribution in [1.29, 1.82) is 0 Å². The molecular weight excluding hydrogens is 340 g/mol. The standard InChI is InChI=1S/C21H22N4O2/c1-27-18-7-8-19-15(12-18)6-9-20(24-19)25-11-3-5-17(14-25)23-21(26)16-4-2-10-22-13-16/h2,4,6-10,12-13,17H,3,5,11,14H2,1H3,(H,23,26). The minimum Gasteiger partial charge on any atom is -0.497 e. The van der Waals surface area contributed by atoms with Crippen molar-refractivity contribution in [2.45, 2.75) is 18.9 Å². The predicted octanol–water partition coefficient (Wildman–Crippen LogP) is 3.04. The van der Waals surface area contributed by atoms with Crippen LogP contribution in [0.3, 0.4) is 0 Å². The number of aromatic nitrogens is 2. The average Bonchev–Trinajstić information content (AvgIpc) is 2.73. The summed E-state index contributed by atoms with van der Waals surface area (Å²) in [6.07, 6.45) is 5.24. The van der Waals surface area contributed by atoms with E-state index in [1.807, 2.05) is 24.3 Å². The third-order valence-corrected chi connectivity index (χ3v) is 4.89. The first kappa shape index (κ1) is 17.3. The van der Waals surface area contributed by atoms with E-state index in [-0.39, 0.29) is 11.9 Å². The van der Waals surface area contributed by atoms with Gasteiger partial charge in [-0.15, -0.1) is 0 Å². The Morgan fingerprint density at radius 3 is 3.00 bits per heavy atom. The summed E-state index contributed by atoms with van der Waals surface area (Å²) in [6.45, 7) is 1.69. The lowest BCUT2D eigenvalue weighted by atomic mass is 10.0. The number of fused-ring (bicyclic) bond motifs is 1. The lowest BCUT2D eigenvalue weighted by molar-refractivity contribution is 0.0932. The highest BCUT2D eigenvalue weighted by Gasteiger charge is 2.23. The Morgan fingerprint density at radius 1 is 1.26 bits per heavy atom. The Hall–Kier alpha value is -3.15. The summed E-state index contributed by atoms with van der Waals surface area (Å²) < 4.78 is 5.27. The molecule has 0 bridgehead atoms. The molecule has 1 amide bonds. The molecule has 1 N–H and O–H groups in total. The van der Waals surface area contributed by atoms with E-state index in [9.17, 15) is 4.79 Å². The summed E-state index contributed by atoms with van der Waals surface area (Å²) in [5.41, 5.74) is 1.53. The molecule has 1 aromatic carbocycles. The Bertz CT molecular complexity index is 945. The van der Waals surface area contributed by atoms with Crippen molar-refractivity contribution in [3.63, 3.8) is 0 Å². The number of amides is 1. The van der Waals surface area contributed by atoms with Gasteiger partial charge in [-0.3, -0.25) is 9.78 Å². The highest BCUT2D eigenvalue weighted by molar-refractivity contribution is 5.94. The maximum absolute atomic E-state index is 12.4. The normalized spacial score (nSPS) is 16.9. The molecule has 0 saturated carbocycles. The van der Waals surface area contributed by atoms with Gasteiger partial charge in [0.05, 0.1) is 18.2 Å². The van der Waals surface area contributed by atoms with Crippen molar-refractivity contribution in [2.75, 3.05) is 25.1 Å². The SMILES string of the molecule is COc1ccc2nc(N3CCCC(NC(=O)c4cccnc4)C3)ccc2c1. The Balaban J connectivity index is 1.47. The topological polar surface area (TPSA) is 67.3 Å². The molecule has 0 aliphatic carbocycles. The Labute approximate surface area is 158 Å². The van der Waals surface area contributed by atoms with Crippen LogP contribution in [0.2, 0.25) is 0 Å². The molecule has 6 heteroatoms. The van der Waals surface area contributed by atoms with Crippen LogP contribution in [-0.4, -0.2) is 42.1 Å². The van der Waals surface area contributed by atoms with Gasteiger partial charge in [-0.05, 0) is 55.3 Å². The minimum atomic E-state index is -0.0754. The highest BCUT2D eigenvalue weighted by Crippen LogP contribution is 2.24. The first-order valence-corrected chi connectivity index (χ1v) is 9.13. The molecule has 138 valence electrons. The van der Waals surface area contributed by atoms with Crippen LogP contribution in [0.1, 0.15) is 23.2 Å². The highest BCUT2D eigenvalue weighted by atomic mass is 16.5. The second-order valence-corrected chi connectivity index (χ2v) is 6.73. The molecule has 3 aromatic rings. The molecule has 4 rings (SSSR count). The van der Waals surface area contributed by atoms with Crippen LogP contribution < -0.4 is 15.0 Å². The van der Waals surface area contributed by atoms with Crippen LogP contribution in [0.4, 0.5) is 5.82 Å². The van der Waals surface area contributed by atoms with Crippen LogP contribution in [0.5, 0.6) is 5.75 Å². The molecule has 1 fully saturated rings. The summed E-state index contributed by atoms with van der Waals surface area (Å²) >= 11 is 0. The van der Waals surface area contributed by atoms with Gasteiger partial charge in [0.2, 0.25) is 0 Å². The van der Waals surface area contributed by atoms with E-state index in [0.29, 0.717) is 5.56 Å². The van der Waals surface area contributed by atoms with Gasteiger partial charge in [-0.2, -0.15) is 0 Å². The number of ether oxygens (including phenoxy) is 1. The number of carbonyl (C=O) groups is 1. The fraction of sp³-hybridized carbons (Fsp3) is 0.286. The van der Waals surface area contributed by atoms with E-state index < -0.39 is 0 Å². The van der Waals surface area contributed by atoms with Crippen molar-refractivity contribution < 1.29 is 9.53 Å². The molecule has 1 aliphatic rings. The summed E-state index contributed by atoms with van der Waals surface area (Å²) in [5, 5.41) is 4.17. The van der Waals surface area contributed by atoms with E-state index in [0.717, 1.165) is 48.4 Å². The van der Waals surface area contributed by atoms with Gasteiger partial charge < -0.3 is 15.0 Å². The molecule has 0 spiro atoms. The van der Waals surface area contributed by atoms with Gasteiger partial charge in [0.25, 0.3) is 5.91 Å². The Kier molecular flexibility index (Phi) is 4.87. The first-order valence-electron chi connectivity index (χ1n) is 9.13. The number of hydrogen-bond acceptors (Lipinski definition) is 5. The average molecular weight is 362 g/mol. The van der Waals surface area contributed by atoms with E-state index in [1.165, 1.54) is 0 Å². The van der Waals surface area contributed by atoms with E-state index >= 15 is 0 Å². The fourth-order valence-electron chi connectivity index (χ4n) is 3.46. The molecule has 1 saturated heterocycles. The molecule has 27 heavy (non-hydrogen) atoms. The first-order chi connectivity index (χ1) is 13.2. The monoisotopic (exact) mass is 362 g/mol. The van der Waals surface area contributed by atoms with E-state index in [2.05, 4.69) is 21.3 Å². The summed E-state index contributed by atoms with van der Waals surface area (Å²) in [7, 11) is 1.66. The smallest absolute Gasteiger partial charge is 0.253 e. The number of rotatable bonds is 4. The van der Waals surface area contributed by atoms with Crippen LogP contribution in [0.15, 0.2) is 54.9 Å². The van der Waals surface area contributed by atoms with Crippen molar-refractivity contribution in [2.24, 2.45) is 0 Å². The number of benzene rings is 1. The third kappa shape index (κ3) is 3.84. The maximum Gasteiger partial charge on any atom is 0.253 e. The van der Waals surface area contributed by atoms with Crippen molar-refractivity contribution in [1.82, 2.24) is 15.3 Å². The number of hydrogen-bond donors (Lipinski definition) is 1. The molecular formula is C21H22N4O2. The fourth-order valence-corrected chi connectivity index (χ4v) is 3.46. The molecule has 1 aliphatic heterocycles. The number of nitrogens with one attached hydrogen (secondary N) is 1. The lowest BCUT2D eigenvalue weighted by Crippen LogP contribution is -2.48. The van der Waals surface area contributed by atoms with Crippen molar-refractivity contribution in [3.05, 3.63) is 60.4 Å². The number of pyridine rings is 2. The number of carbonyl (C=O) groups excluding carboxylic acids is 1. The van der Waals surface area contributed by atoms with Gasteiger partial charge in [0, 0.05) is 36.9 Å². The van der Waals surface area contributed by atoms with Crippen LogP contribution in [0.25, 0.3) is 10.9 Å². The van der Waals surface area contributed by atoms with E-state index in [4.69, 9.17) is 9.72 Å². The second kappa shape index (κ2) is 7.61. The van der Waals surface area contributed by atoms with Gasteiger partial charge in [0.1, 0.15) is 11.6 Å². The quantitative estimate of drug-likeness (QED) is 0.773. The summed E-state index contributed by atoms with van der Waals surface area (Å²) in [5.74, 6) is 1.69. The Morgan fingerprint density at radius 2 is 2.19 bits per heavy atom. The maximum atomic E-state index is 12.4. The van der Waals surface area contributed by atoms with Gasteiger partial charge >= 0.3 is 0 Å². The third-order valence-electron chi connectivity index (χ3n) is 4.89. The minimum absolute atomic E-state index is 0.0754. The van der Waals surface area contributed by atoms with E-state index in [1.54, 1.807) is 31.6 Å². The van der Waals surface area contributed by atoms with Gasteiger partial charge in [-0.25, -0.2) is 4.98 Å². The lowest BCUT2D eigenvalue weighted by Gasteiger charge is -2.34. The number of anilines is 1. The zero-order valence-electron chi connectivity index (χ0n) is 15.3. The van der Waals surface area contributed by atoms with Gasteiger partial charge in [-0.1, -0.05) is 0 Å². The van der Waals surface area contributed by atoms with Crippen molar-refractivity contribution in [3.8, 4) is 5.75 Å². The molecule has 6 nitrogen and oxygen atoms in total. The zero-order chi connectivity index (χ0) is 18.6. The molecule has 2 aromatic heterocycles. The van der Waals surface area contributed by atoms with Gasteiger partial charge in [0.15, 0.2) is 0 Å². The largest absolute Gasteiger partial charge is 0.497 e. The molecule has 3 heterocycles. The summed E-state index contributed by atoms with van der Waals surface area (Å²) in [4.78, 5) is 23.4. The van der Waals surface area contributed by atoms with Crippen LogP contribution in [0, 0.1) is 0 Å². The molecule has 1 atom stereocenters. The zero-order valence-corrected chi connectivity index (χ0v) is 15.3. The molecule has 0 radical (unpaired) electrons. The van der Waals surface area contributed by atoms with Crippen molar-refractivity contribution >= 4 is 22.6 Å².